The molecule has 0 saturated heterocycles. The molecule has 0 bridgehead atoms. The molecule has 0 aliphatic carbocycles. The van der Waals surface area contributed by atoms with Crippen LogP contribution in [0.1, 0.15) is 27.2 Å². The molecular formula is C14H21N3O7S. The topological polar surface area (TPSA) is 137 Å². The monoisotopic (exact) mass is 375 g/mol. The molecule has 10 nitrogen and oxygen atoms in total. The SMILES string of the molecule is CC(C)(C)OC(=O)NOCCCNS(=O)(=O)c1ccc([N+](=O)[O-])cc1. The molecule has 1 amide bonds. The number of ether oxygens (including phenoxy) is 1. The van der Waals surface area contributed by atoms with Crippen LogP contribution in [0.5, 0.6) is 0 Å². The van der Waals surface area contributed by atoms with Crippen molar-refractivity contribution in [1.82, 2.24) is 10.2 Å². The van der Waals surface area contributed by atoms with Crippen LogP contribution in [0.4, 0.5) is 10.5 Å². The largest absolute Gasteiger partial charge is 0.442 e. The van der Waals surface area contributed by atoms with Gasteiger partial charge >= 0.3 is 6.09 Å². The van der Waals surface area contributed by atoms with Gasteiger partial charge in [0.1, 0.15) is 5.60 Å². The van der Waals surface area contributed by atoms with E-state index in [9.17, 15) is 23.3 Å². The molecule has 140 valence electrons. The fraction of sp³-hybridized carbons (Fsp3) is 0.500. The molecule has 0 aliphatic rings. The van der Waals surface area contributed by atoms with E-state index in [1.807, 2.05) is 0 Å². The van der Waals surface area contributed by atoms with Crippen molar-refractivity contribution >= 4 is 21.8 Å². The summed E-state index contributed by atoms with van der Waals surface area (Å²) < 4.78 is 31.3. The standard InChI is InChI=1S/C14H21N3O7S/c1-14(2,3)24-13(18)16-23-10-4-9-15-25(21,22)12-7-5-11(6-8-12)17(19)20/h5-8,15H,4,9-10H2,1-3H3,(H,16,18). The lowest BCUT2D eigenvalue weighted by Gasteiger charge is -2.19. The average Bonchev–Trinajstić information content (AvgIpc) is 2.49. The molecule has 11 heteroatoms. The van der Waals surface area contributed by atoms with Crippen LogP contribution in [0.25, 0.3) is 0 Å². The minimum absolute atomic E-state index is 0.0648. The number of carbonyl (C=O) groups is 1. The van der Waals surface area contributed by atoms with Crippen LogP contribution >= 0.6 is 0 Å². The molecule has 0 saturated carbocycles. The first kappa shape index (κ1) is 20.8. The van der Waals surface area contributed by atoms with E-state index in [1.165, 1.54) is 0 Å². The van der Waals surface area contributed by atoms with Crippen molar-refractivity contribution in [3.63, 3.8) is 0 Å². The maximum absolute atomic E-state index is 12.0. The first-order valence-corrected chi connectivity index (χ1v) is 8.84. The first-order chi connectivity index (χ1) is 11.5. The molecule has 1 rings (SSSR count). The summed E-state index contributed by atoms with van der Waals surface area (Å²) in [5, 5.41) is 10.5. The van der Waals surface area contributed by atoms with Gasteiger partial charge in [0, 0.05) is 18.7 Å². The molecule has 2 N–H and O–H groups in total. The average molecular weight is 375 g/mol. The second kappa shape index (κ2) is 8.74. The van der Waals surface area contributed by atoms with E-state index in [4.69, 9.17) is 9.57 Å². The lowest BCUT2D eigenvalue weighted by molar-refractivity contribution is -0.384. The van der Waals surface area contributed by atoms with Gasteiger partial charge < -0.3 is 4.74 Å². The zero-order chi connectivity index (χ0) is 19.1. The van der Waals surface area contributed by atoms with Gasteiger partial charge in [-0.3, -0.25) is 15.0 Å². The number of nitro benzene ring substituents is 1. The minimum atomic E-state index is -3.77. The van der Waals surface area contributed by atoms with Crippen molar-refractivity contribution in [2.24, 2.45) is 0 Å². The Morgan fingerprint density at radius 1 is 1.24 bits per heavy atom. The van der Waals surface area contributed by atoms with E-state index in [0.29, 0.717) is 6.42 Å². The number of nitro groups is 1. The highest BCUT2D eigenvalue weighted by molar-refractivity contribution is 7.89. The van der Waals surface area contributed by atoms with Crippen molar-refractivity contribution in [3.05, 3.63) is 34.4 Å². The quantitative estimate of drug-likeness (QED) is 0.401. The lowest BCUT2D eigenvalue weighted by atomic mass is 10.2. The third-order valence-electron chi connectivity index (χ3n) is 2.63. The van der Waals surface area contributed by atoms with Crippen LogP contribution < -0.4 is 10.2 Å². The van der Waals surface area contributed by atoms with Gasteiger partial charge in [-0.25, -0.2) is 17.9 Å². The van der Waals surface area contributed by atoms with Crippen molar-refractivity contribution in [1.29, 1.82) is 0 Å². The fourth-order valence-electron chi connectivity index (χ4n) is 1.59. The molecule has 0 spiro atoms. The lowest BCUT2D eigenvalue weighted by Crippen LogP contribution is -2.33. The minimum Gasteiger partial charge on any atom is -0.442 e. The molecule has 0 heterocycles. The Hall–Kier alpha value is -2.24. The van der Waals surface area contributed by atoms with E-state index in [1.54, 1.807) is 20.8 Å². The van der Waals surface area contributed by atoms with Crippen LogP contribution in [0.3, 0.4) is 0 Å². The normalized spacial score (nSPS) is 11.8. The zero-order valence-electron chi connectivity index (χ0n) is 14.1. The van der Waals surface area contributed by atoms with Crippen LogP contribution in [-0.2, 0) is 19.6 Å². The van der Waals surface area contributed by atoms with Gasteiger partial charge in [-0.05, 0) is 39.3 Å². The maximum atomic E-state index is 12.0. The summed E-state index contributed by atoms with van der Waals surface area (Å²) in [6.45, 7) is 5.26. The Bertz CT molecular complexity index is 696. The Labute approximate surface area is 145 Å². The molecule has 1 aromatic carbocycles. The summed E-state index contributed by atoms with van der Waals surface area (Å²) in [5.41, 5.74) is 1.24. The molecule has 0 unspecified atom stereocenters. The maximum Gasteiger partial charge on any atom is 0.431 e. The summed E-state index contributed by atoms with van der Waals surface area (Å²) in [5.74, 6) is 0. The summed E-state index contributed by atoms with van der Waals surface area (Å²) in [4.78, 5) is 26.0. The van der Waals surface area contributed by atoms with Crippen molar-refractivity contribution in [3.8, 4) is 0 Å². The number of benzene rings is 1. The second-order valence-corrected chi connectivity index (χ2v) is 7.72. The number of nitrogens with zero attached hydrogens (tertiary/aromatic N) is 1. The van der Waals surface area contributed by atoms with E-state index in [-0.39, 0.29) is 23.7 Å². The molecule has 0 fully saturated rings. The molecule has 0 atom stereocenters. The summed E-state index contributed by atoms with van der Waals surface area (Å²) in [6.07, 6.45) is -0.443. The highest BCUT2D eigenvalue weighted by Gasteiger charge is 2.17. The number of nitrogens with one attached hydrogen (secondary N) is 2. The Balaban J connectivity index is 2.33. The van der Waals surface area contributed by atoms with Gasteiger partial charge in [-0.15, -0.1) is 0 Å². The zero-order valence-corrected chi connectivity index (χ0v) is 15.0. The van der Waals surface area contributed by atoms with Gasteiger partial charge in [0.05, 0.1) is 16.4 Å². The molecular weight excluding hydrogens is 354 g/mol. The number of non-ortho nitro benzene ring substituents is 1. The number of carbonyl (C=O) groups excluding carboxylic acids is 1. The van der Waals surface area contributed by atoms with Gasteiger partial charge in [0.2, 0.25) is 10.0 Å². The fourth-order valence-corrected chi connectivity index (χ4v) is 2.66. The second-order valence-electron chi connectivity index (χ2n) is 5.95. The summed E-state index contributed by atoms with van der Waals surface area (Å²) in [7, 11) is -3.77. The number of hydrogen-bond donors (Lipinski definition) is 2. The van der Waals surface area contributed by atoms with Crippen LogP contribution in [0.2, 0.25) is 0 Å². The third kappa shape index (κ3) is 7.92. The Kier molecular flexibility index (Phi) is 7.27. The number of rotatable bonds is 8. The summed E-state index contributed by atoms with van der Waals surface area (Å²) >= 11 is 0. The first-order valence-electron chi connectivity index (χ1n) is 7.36. The Morgan fingerprint density at radius 2 is 1.84 bits per heavy atom. The Morgan fingerprint density at radius 3 is 2.36 bits per heavy atom. The van der Waals surface area contributed by atoms with Gasteiger partial charge in [0.15, 0.2) is 0 Å². The molecule has 0 aliphatic heterocycles. The highest BCUT2D eigenvalue weighted by Crippen LogP contribution is 2.15. The van der Waals surface area contributed by atoms with Gasteiger partial charge in [-0.1, -0.05) is 0 Å². The van der Waals surface area contributed by atoms with Crippen molar-refractivity contribution in [2.75, 3.05) is 13.2 Å². The van der Waals surface area contributed by atoms with Crippen molar-refractivity contribution in [2.45, 2.75) is 37.7 Å². The van der Waals surface area contributed by atoms with E-state index < -0.39 is 26.6 Å². The number of sulfonamides is 1. The predicted molar refractivity (Wildman–Crippen MR) is 88.2 cm³/mol. The predicted octanol–water partition coefficient (Wildman–Crippen LogP) is 1.72. The van der Waals surface area contributed by atoms with Gasteiger partial charge in [0.25, 0.3) is 5.69 Å². The highest BCUT2D eigenvalue weighted by atomic mass is 32.2. The smallest absolute Gasteiger partial charge is 0.431 e. The van der Waals surface area contributed by atoms with E-state index >= 15 is 0 Å². The molecule has 0 radical (unpaired) electrons. The van der Waals surface area contributed by atoms with Crippen LogP contribution in [-0.4, -0.2) is 38.2 Å². The van der Waals surface area contributed by atoms with Crippen molar-refractivity contribution < 1.29 is 27.7 Å². The molecule has 25 heavy (non-hydrogen) atoms. The third-order valence-corrected chi connectivity index (χ3v) is 4.10. The summed E-state index contributed by atoms with van der Waals surface area (Å²) in [6, 6.07) is 4.53. The van der Waals surface area contributed by atoms with E-state index in [0.717, 1.165) is 24.3 Å². The number of amides is 1. The number of hydroxylamine groups is 1. The van der Waals surface area contributed by atoms with Gasteiger partial charge in [-0.2, -0.15) is 5.48 Å². The van der Waals surface area contributed by atoms with Crippen LogP contribution in [0, 0.1) is 10.1 Å². The number of hydrogen-bond acceptors (Lipinski definition) is 7. The molecule has 1 aromatic rings. The molecule has 0 aromatic heterocycles. The van der Waals surface area contributed by atoms with E-state index in [2.05, 4.69) is 10.2 Å². The van der Waals surface area contributed by atoms with Crippen LogP contribution in [0.15, 0.2) is 29.2 Å².